The first-order valence-corrected chi connectivity index (χ1v) is 6.99. The number of nitrogens with zero attached hydrogens (tertiary/aromatic N) is 1. The Morgan fingerprint density at radius 3 is 2.40 bits per heavy atom. The predicted molar refractivity (Wildman–Crippen MR) is 76.5 cm³/mol. The van der Waals surface area contributed by atoms with E-state index in [1.807, 2.05) is 0 Å². The first kappa shape index (κ1) is 14.5. The molecule has 1 aromatic carbocycles. The molecule has 1 aromatic rings. The Bertz CT molecular complexity index is 504. The second-order valence-corrected chi connectivity index (χ2v) is 5.82. The SMILES string of the molecule is CC(C)CCNC(=O)C1(c2ccc([N+](=O)[O-])cc2)CC1. The molecule has 108 valence electrons. The summed E-state index contributed by atoms with van der Waals surface area (Å²) in [6, 6.07) is 6.34. The van der Waals surface area contributed by atoms with Gasteiger partial charge in [-0.3, -0.25) is 14.9 Å². The second-order valence-electron chi connectivity index (χ2n) is 5.82. The zero-order valence-corrected chi connectivity index (χ0v) is 11.9. The Kier molecular flexibility index (Phi) is 4.06. The van der Waals surface area contributed by atoms with Crippen molar-refractivity contribution in [2.45, 2.75) is 38.5 Å². The van der Waals surface area contributed by atoms with Crippen LogP contribution in [0.2, 0.25) is 0 Å². The number of nitrogens with one attached hydrogen (secondary N) is 1. The Morgan fingerprint density at radius 2 is 1.95 bits per heavy atom. The van der Waals surface area contributed by atoms with Crippen LogP contribution in [0.15, 0.2) is 24.3 Å². The monoisotopic (exact) mass is 276 g/mol. The van der Waals surface area contributed by atoms with Gasteiger partial charge >= 0.3 is 0 Å². The topological polar surface area (TPSA) is 72.2 Å². The maximum Gasteiger partial charge on any atom is 0.269 e. The number of amides is 1. The molecule has 0 spiro atoms. The first-order chi connectivity index (χ1) is 9.45. The molecule has 1 N–H and O–H groups in total. The van der Waals surface area contributed by atoms with Crippen LogP contribution in [0, 0.1) is 16.0 Å². The van der Waals surface area contributed by atoms with Gasteiger partial charge in [-0.05, 0) is 30.7 Å². The van der Waals surface area contributed by atoms with Gasteiger partial charge in [-0.2, -0.15) is 0 Å². The van der Waals surface area contributed by atoms with E-state index in [0.29, 0.717) is 12.5 Å². The van der Waals surface area contributed by atoms with Crippen LogP contribution >= 0.6 is 0 Å². The number of non-ortho nitro benzene ring substituents is 1. The van der Waals surface area contributed by atoms with Crippen LogP contribution in [0.25, 0.3) is 0 Å². The summed E-state index contributed by atoms with van der Waals surface area (Å²) < 4.78 is 0. The molecular weight excluding hydrogens is 256 g/mol. The smallest absolute Gasteiger partial charge is 0.269 e. The van der Waals surface area contributed by atoms with Crippen LogP contribution in [0.3, 0.4) is 0 Å². The van der Waals surface area contributed by atoms with Crippen LogP contribution in [0.1, 0.15) is 38.7 Å². The summed E-state index contributed by atoms with van der Waals surface area (Å²) in [6.45, 7) is 4.93. The first-order valence-electron chi connectivity index (χ1n) is 6.99. The molecule has 20 heavy (non-hydrogen) atoms. The van der Waals surface area contributed by atoms with E-state index in [0.717, 1.165) is 24.8 Å². The quantitative estimate of drug-likeness (QED) is 0.641. The van der Waals surface area contributed by atoms with Crippen LogP contribution in [-0.2, 0) is 10.2 Å². The molecule has 2 rings (SSSR count). The molecular formula is C15H20N2O3. The van der Waals surface area contributed by atoms with Crippen molar-refractivity contribution >= 4 is 11.6 Å². The molecule has 0 aromatic heterocycles. The summed E-state index contributed by atoms with van der Waals surface area (Å²) in [5.74, 6) is 0.608. The highest BCUT2D eigenvalue weighted by molar-refractivity contribution is 5.91. The molecule has 0 bridgehead atoms. The van der Waals surface area contributed by atoms with Gasteiger partial charge in [-0.1, -0.05) is 26.0 Å². The fourth-order valence-corrected chi connectivity index (χ4v) is 2.32. The van der Waals surface area contributed by atoms with E-state index in [1.165, 1.54) is 12.1 Å². The Balaban J connectivity index is 2.03. The van der Waals surface area contributed by atoms with E-state index in [2.05, 4.69) is 19.2 Å². The molecule has 0 unspecified atom stereocenters. The molecule has 5 nitrogen and oxygen atoms in total. The molecule has 0 radical (unpaired) electrons. The van der Waals surface area contributed by atoms with E-state index in [-0.39, 0.29) is 11.6 Å². The Morgan fingerprint density at radius 1 is 1.35 bits per heavy atom. The molecule has 0 saturated heterocycles. The summed E-state index contributed by atoms with van der Waals surface area (Å²) >= 11 is 0. The maximum atomic E-state index is 12.3. The van der Waals surface area contributed by atoms with Gasteiger partial charge in [0, 0.05) is 18.7 Å². The molecule has 0 aliphatic heterocycles. The lowest BCUT2D eigenvalue weighted by atomic mass is 9.94. The molecule has 1 saturated carbocycles. The normalized spacial score (nSPS) is 15.9. The molecule has 1 fully saturated rings. The number of nitro groups is 1. The fraction of sp³-hybridized carbons (Fsp3) is 0.533. The van der Waals surface area contributed by atoms with Crippen molar-refractivity contribution < 1.29 is 9.72 Å². The van der Waals surface area contributed by atoms with Crippen molar-refractivity contribution in [2.75, 3.05) is 6.54 Å². The van der Waals surface area contributed by atoms with E-state index in [1.54, 1.807) is 12.1 Å². The number of nitro benzene ring substituents is 1. The third kappa shape index (κ3) is 2.98. The molecule has 5 heteroatoms. The number of hydrogen-bond acceptors (Lipinski definition) is 3. The van der Waals surface area contributed by atoms with Gasteiger partial charge in [-0.15, -0.1) is 0 Å². The molecule has 1 aliphatic rings. The Labute approximate surface area is 118 Å². The minimum Gasteiger partial charge on any atom is -0.355 e. The van der Waals surface area contributed by atoms with E-state index in [4.69, 9.17) is 0 Å². The lowest BCUT2D eigenvalue weighted by Gasteiger charge is -2.16. The fourth-order valence-electron chi connectivity index (χ4n) is 2.32. The van der Waals surface area contributed by atoms with Crippen LogP contribution in [0.5, 0.6) is 0 Å². The van der Waals surface area contributed by atoms with Crippen molar-refractivity contribution in [2.24, 2.45) is 5.92 Å². The van der Waals surface area contributed by atoms with Crippen LogP contribution in [-0.4, -0.2) is 17.4 Å². The number of benzene rings is 1. The molecule has 0 atom stereocenters. The average molecular weight is 276 g/mol. The third-order valence-corrected chi connectivity index (χ3v) is 3.82. The van der Waals surface area contributed by atoms with Crippen molar-refractivity contribution in [1.82, 2.24) is 5.32 Å². The van der Waals surface area contributed by atoms with Gasteiger partial charge in [-0.25, -0.2) is 0 Å². The van der Waals surface area contributed by atoms with E-state index in [9.17, 15) is 14.9 Å². The zero-order chi connectivity index (χ0) is 14.8. The van der Waals surface area contributed by atoms with Gasteiger partial charge in [0.2, 0.25) is 5.91 Å². The number of hydrogen-bond donors (Lipinski definition) is 1. The van der Waals surface area contributed by atoms with Crippen molar-refractivity contribution in [3.8, 4) is 0 Å². The summed E-state index contributed by atoms with van der Waals surface area (Å²) in [4.78, 5) is 22.5. The number of rotatable bonds is 6. The minimum atomic E-state index is -0.452. The largest absolute Gasteiger partial charge is 0.355 e. The van der Waals surface area contributed by atoms with Gasteiger partial charge in [0.05, 0.1) is 10.3 Å². The van der Waals surface area contributed by atoms with Crippen molar-refractivity contribution in [1.29, 1.82) is 0 Å². The lowest BCUT2D eigenvalue weighted by molar-refractivity contribution is -0.384. The second kappa shape index (κ2) is 5.61. The van der Waals surface area contributed by atoms with Gasteiger partial charge < -0.3 is 5.32 Å². The van der Waals surface area contributed by atoms with Gasteiger partial charge in [0.25, 0.3) is 5.69 Å². The Hall–Kier alpha value is -1.91. The summed E-state index contributed by atoms with van der Waals surface area (Å²) in [5.41, 5.74) is 0.487. The summed E-state index contributed by atoms with van der Waals surface area (Å²) in [7, 11) is 0. The maximum absolute atomic E-state index is 12.3. The van der Waals surface area contributed by atoms with Gasteiger partial charge in [0.1, 0.15) is 0 Å². The van der Waals surface area contributed by atoms with Crippen molar-refractivity contribution in [3.05, 3.63) is 39.9 Å². The minimum absolute atomic E-state index is 0.0482. The number of carbonyl (C=O) groups is 1. The van der Waals surface area contributed by atoms with Gasteiger partial charge in [0.15, 0.2) is 0 Å². The van der Waals surface area contributed by atoms with Crippen molar-refractivity contribution in [3.63, 3.8) is 0 Å². The standard InChI is InChI=1S/C15H20N2O3/c1-11(2)7-10-16-14(18)15(8-9-15)12-3-5-13(6-4-12)17(19)20/h3-6,11H,7-10H2,1-2H3,(H,16,18). The van der Waals surface area contributed by atoms with E-state index >= 15 is 0 Å². The van der Waals surface area contributed by atoms with E-state index < -0.39 is 10.3 Å². The highest BCUT2D eigenvalue weighted by Gasteiger charge is 2.51. The van der Waals surface area contributed by atoms with Crippen LogP contribution in [0.4, 0.5) is 5.69 Å². The third-order valence-electron chi connectivity index (χ3n) is 3.82. The average Bonchev–Trinajstić information content (AvgIpc) is 3.20. The van der Waals surface area contributed by atoms with Crippen LogP contribution < -0.4 is 5.32 Å². The molecule has 1 aliphatic carbocycles. The number of carbonyl (C=O) groups excluding carboxylic acids is 1. The molecule has 0 heterocycles. The highest BCUT2D eigenvalue weighted by Crippen LogP contribution is 2.48. The highest BCUT2D eigenvalue weighted by atomic mass is 16.6. The summed E-state index contributed by atoms with van der Waals surface area (Å²) in [5, 5.41) is 13.6. The molecule has 1 amide bonds. The summed E-state index contributed by atoms with van der Waals surface area (Å²) in [6.07, 6.45) is 2.60. The lowest BCUT2D eigenvalue weighted by Crippen LogP contribution is -2.35. The predicted octanol–water partition coefficient (Wildman–Crippen LogP) is 2.79. The zero-order valence-electron chi connectivity index (χ0n) is 11.9.